The highest BCUT2D eigenvalue weighted by Crippen LogP contribution is 2.27. The SMILES string of the molecule is CC(NC(=O)OC(Cl)(Cl)Cl)C(N)=O. The molecule has 0 radical (unpaired) electrons. The number of hydrogen-bond acceptors (Lipinski definition) is 3. The van der Waals surface area contributed by atoms with E-state index >= 15 is 0 Å². The van der Waals surface area contributed by atoms with E-state index in [1.807, 2.05) is 5.32 Å². The van der Waals surface area contributed by atoms with Crippen molar-refractivity contribution in [3.63, 3.8) is 0 Å². The Kier molecular flexibility index (Phi) is 4.60. The molecule has 0 bridgehead atoms. The summed E-state index contributed by atoms with van der Waals surface area (Å²) in [6, 6.07) is -0.889. The first-order valence-corrected chi connectivity index (χ1v) is 4.21. The summed E-state index contributed by atoms with van der Waals surface area (Å²) in [5.41, 5.74) is 4.84. The smallest absolute Gasteiger partial charge is 0.398 e. The second-order valence-electron chi connectivity index (χ2n) is 2.10. The van der Waals surface area contributed by atoms with Crippen LogP contribution in [0, 0.1) is 0 Å². The summed E-state index contributed by atoms with van der Waals surface area (Å²) in [6.07, 6.45) is -1.04. The van der Waals surface area contributed by atoms with Gasteiger partial charge in [-0.15, -0.1) is 0 Å². The number of alkyl halides is 3. The van der Waals surface area contributed by atoms with E-state index in [9.17, 15) is 9.59 Å². The van der Waals surface area contributed by atoms with E-state index in [0.717, 1.165) is 0 Å². The molecule has 76 valence electrons. The van der Waals surface area contributed by atoms with Crippen molar-refractivity contribution in [1.82, 2.24) is 5.32 Å². The lowest BCUT2D eigenvalue weighted by Crippen LogP contribution is -2.43. The quantitative estimate of drug-likeness (QED) is 0.714. The topological polar surface area (TPSA) is 81.4 Å². The first-order valence-electron chi connectivity index (χ1n) is 3.08. The first-order chi connectivity index (χ1) is 5.72. The van der Waals surface area contributed by atoms with Crippen LogP contribution in [0.5, 0.6) is 0 Å². The number of carbonyl (C=O) groups excluding carboxylic acids is 2. The van der Waals surface area contributed by atoms with Crippen molar-refractivity contribution in [3.05, 3.63) is 0 Å². The molecule has 8 heteroatoms. The molecule has 0 aliphatic heterocycles. The maximum Gasteiger partial charge on any atom is 0.411 e. The van der Waals surface area contributed by atoms with Gasteiger partial charge in [-0.2, -0.15) is 0 Å². The third kappa shape index (κ3) is 6.74. The molecule has 5 nitrogen and oxygen atoms in total. The van der Waals surface area contributed by atoms with Gasteiger partial charge < -0.3 is 15.8 Å². The number of nitrogens with two attached hydrogens (primary N) is 1. The highest BCUT2D eigenvalue weighted by Gasteiger charge is 2.26. The predicted octanol–water partition coefficient (Wildman–Crippen LogP) is 0.914. The van der Waals surface area contributed by atoms with Gasteiger partial charge in [-0.3, -0.25) is 4.79 Å². The molecule has 1 unspecified atom stereocenters. The van der Waals surface area contributed by atoms with E-state index in [4.69, 9.17) is 40.5 Å². The summed E-state index contributed by atoms with van der Waals surface area (Å²) in [5, 5.41) is 2.05. The van der Waals surface area contributed by atoms with Crippen LogP contribution >= 0.6 is 34.8 Å². The van der Waals surface area contributed by atoms with Crippen LogP contribution in [0.4, 0.5) is 4.79 Å². The fourth-order valence-corrected chi connectivity index (χ4v) is 0.593. The van der Waals surface area contributed by atoms with Crippen molar-refractivity contribution in [1.29, 1.82) is 0 Å². The van der Waals surface area contributed by atoms with Gasteiger partial charge >= 0.3 is 10.1 Å². The van der Waals surface area contributed by atoms with Crippen LogP contribution in [0.2, 0.25) is 0 Å². The Morgan fingerprint density at radius 2 is 1.92 bits per heavy atom. The minimum absolute atomic E-state index is 0.721. The number of alkyl carbamates (subject to hydrolysis) is 1. The summed E-state index contributed by atoms with van der Waals surface area (Å²) in [6.45, 7) is 1.36. The van der Waals surface area contributed by atoms with E-state index in [0.29, 0.717) is 0 Å². The summed E-state index contributed by atoms with van der Waals surface area (Å²) >= 11 is 15.4. The number of ether oxygens (including phenoxy) is 1. The maximum absolute atomic E-state index is 10.8. The summed E-state index contributed by atoms with van der Waals surface area (Å²) in [5.74, 6) is -0.721. The zero-order chi connectivity index (χ0) is 10.6. The molecule has 2 amide bonds. The Balaban J connectivity index is 3.96. The molecule has 0 saturated carbocycles. The van der Waals surface area contributed by atoms with Crippen LogP contribution in [0.25, 0.3) is 0 Å². The van der Waals surface area contributed by atoms with Crippen molar-refractivity contribution in [2.75, 3.05) is 0 Å². The Morgan fingerprint density at radius 3 is 2.23 bits per heavy atom. The van der Waals surface area contributed by atoms with Gasteiger partial charge in [0.1, 0.15) is 6.04 Å². The average molecular weight is 249 g/mol. The van der Waals surface area contributed by atoms with Gasteiger partial charge in [-0.25, -0.2) is 4.79 Å². The second-order valence-corrected chi connectivity index (χ2v) is 4.28. The summed E-state index contributed by atoms with van der Waals surface area (Å²) in [4.78, 5) is 21.2. The van der Waals surface area contributed by atoms with E-state index in [-0.39, 0.29) is 0 Å². The van der Waals surface area contributed by atoms with Gasteiger partial charge in [0, 0.05) is 0 Å². The molecule has 0 fully saturated rings. The normalized spacial score (nSPS) is 13.2. The number of amides is 2. The second kappa shape index (κ2) is 4.74. The number of hydrogen-bond donors (Lipinski definition) is 2. The van der Waals surface area contributed by atoms with Crippen molar-refractivity contribution in [2.45, 2.75) is 16.9 Å². The third-order valence-corrected chi connectivity index (χ3v) is 1.20. The Morgan fingerprint density at radius 1 is 1.46 bits per heavy atom. The van der Waals surface area contributed by atoms with E-state index in [1.165, 1.54) is 6.92 Å². The number of rotatable bonds is 2. The molecule has 1 atom stereocenters. The van der Waals surface area contributed by atoms with Crippen LogP contribution in [-0.2, 0) is 9.53 Å². The fraction of sp³-hybridized carbons (Fsp3) is 0.600. The zero-order valence-electron chi connectivity index (χ0n) is 6.51. The van der Waals surface area contributed by atoms with E-state index in [1.54, 1.807) is 0 Å². The molecule has 0 aromatic carbocycles. The number of primary amides is 1. The molecule has 13 heavy (non-hydrogen) atoms. The predicted molar refractivity (Wildman–Crippen MR) is 48.6 cm³/mol. The van der Waals surface area contributed by atoms with Crippen molar-refractivity contribution in [2.24, 2.45) is 5.73 Å². The van der Waals surface area contributed by atoms with Gasteiger partial charge in [0.15, 0.2) is 0 Å². The molecule has 0 rings (SSSR count). The van der Waals surface area contributed by atoms with Crippen molar-refractivity contribution >= 4 is 46.8 Å². The summed E-state index contributed by atoms with van der Waals surface area (Å²) in [7, 11) is 0. The minimum Gasteiger partial charge on any atom is -0.398 e. The van der Waals surface area contributed by atoms with Gasteiger partial charge in [-0.05, 0) is 41.7 Å². The lowest BCUT2D eigenvalue weighted by molar-refractivity contribution is -0.119. The molecule has 0 aromatic heterocycles. The molecular formula is C5H7Cl3N2O3. The van der Waals surface area contributed by atoms with Crippen LogP contribution in [0.3, 0.4) is 0 Å². The van der Waals surface area contributed by atoms with Crippen LogP contribution in [0.15, 0.2) is 0 Å². The van der Waals surface area contributed by atoms with Crippen LogP contribution in [-0.4, -0.2) is 22.0 Å². The Labute approximate surface area is 89.4 Å². The molecule has 0 saturated heterocycles. The van der Waals surface area contributed by atoms with E-state index in [2.05, 4.69) is 4.74 Å². The van der Waals surface area contributed by atoms with Gasteiger partial charge in [0.2, 0.25) is 5.91 Å². The molecule has 0 heterocycles. The Bertz CT molecular complexity index is 216. The lowest BCUT2D eigenvalue weighted by atomic mass is 10.3. The van der Waals surface area contributed by atoms with E-state index < -0.39 is 22.0 Å². The highest BCUT2D eigenvalue weighted by atomic mass is 35.6. The van der Waals surface area contributed by atoms with Gasteiger partial charge in [0.05, 0.1) is 0 Å². The van der Waals surface area contributed by atoms with Crippen molar-refractivity contribution < 1.29 is 14.3 Å². The minimum atomic E-state index is -2.15. The number of nitrogens with one attached hydrogen (secondary N) is 1. The Hall–Kier alpha value is -0.390. The summed E-state index contributed by atoms with van der Waals surface area (Å²) < 4.78 is 2.05. The van der Waals surface area contributed by atoms with Crippen LogP contribution in [0.1, 0.15) is 6.92 Å². The molecule has 0 spiro atoms. The monoisotopic (exact) mass is 248 g/mol. The van der Waals surface area contributed by atoms with Crippen molar-refractivity contribution in [3.8, 4) is 0 Å². The molecule has 0 aliphatic carbocycles. The van der Waals surface area contributed by atoms with Gasteiger partial charge in [0.25, 0.3) is 0 Å². The zero-order valence-corrected chi connectivity index (χ0v) is 8.78. The highest BCUT2D eigenvalue weighted by molar-refractivity contribution is 6.66. The molecule has 0 aromatic rings. The largest absolute Gasteiger partial charge is 0.411 e. The molecule has 3 N–H and O–H groups in total. The standard InChI is InChI=1S/C5H7Cl3N2O3/c1-2(3(9)11)10-4(12)13-5(6,7)8/h2H,1H3,(H2,9,11)(H,10,12). The van der Waals surface area contributed by atoms with Crippen LogP contribution < -0.4 is 11.1 Å². The van der Waals surface area contributed by atoms with Gasteiger partial charge in [-0.1, -0.05) is 0 Å². The molecule has 0 aliphatic rings. The molecular weight excluding hydrogens is 242 g/mol. The lowest BCUT2D eigenvalue weighted by Gasteiger charge is -2.14. The number of carbonyl (C=O) groups is 2. The fourth-order valence-electron chi connectivity index (χ4n) is 0.382. The average Bonchev–Trinajstić information content (AvgIpc) is 1.81. The third-order valence-electron chi connectivity index (χ3n) is 0.970. The first kappa shape index (κ1) is 12.6. The number of halogens is 3. The maximum atomic E-state index is 10.8.